The molecule has 2 aromatic rings. The number of hydrogen-bond acceptors (Lipinski definition) is 5. The highest BCUT2D eigenvalue weighted by atomic mass is 32.1. The van der Waals surface area contributed by atoms with E-state index in [-0.39, 0.29) is 11.9 Å². The van der Waals surface area contributed by atoms with Crippen molar-refractivity contribution in [2.75, 3.05) is 26.7 Å². The molecule has 5 nitrogen and oxygen atoms in total. The topological polar surface area (TPSA) is 54.5 Å². The Labute approximate surface area is 254 Å². The van der Waals surface area contributed by atoms with Crippen molar-refractivity contribution < 1.29 is 9.53 Å². The molecule has 5 rings (SSSR count). The predicted molar refractivity (Wildman–Crippen MR) is 174 cm³/mol. The Morgan fingerprint density at radius 3 is 1.93 bits per heavy atom. The quantitative estimate of drug-likeness (QED) is 0.391. The van der Waals surface area contributed by atoms with Crippen LogP contribution in [0.5, 0.6) is 5.75 Å². The van der Waals surface area contributed by atoms with E-state index in [4.69, 9.17) is 4.74 Å². The molecule has 3 fully saturated rings. The number of aromatic nitrogens is 1. The van der Waals surface area contributed by atoms with E-state index < -0.39 is 0 Å². The first-order valence-corrected chi connectivity index (χ1v) is 18.0. The molecular weight excluding hydrogens is 526 g/mol. The molecule has 6 heteroatoms. The number of piperidine rings is 1. The largest absolute Gasteiger partial charge is 0.495 e. The van der Waals surface area contributed by atoms with Crippen LogP contribution in [0.25, 0.3) is 10.1 Å². The molecule has 1 aromatic carbocycles. The Bertz CT molecular complexity index is 1000. The van der Waals surface area contributed by atoms with E-state index in [2.05, 4.69) is 14.6 Å². The lowest BCUT2D eigenvalue weighted by Gasteiger charge is -2.39. The van der Waals surface area contributed by atoms with Crippen LogP contribution >= 0.6 is 11.5 Å². The minimum Gasteiger partial charge on any atom is -0.495 e. The first-order valence-electron chi connectivity index (χ1n) is 17.2. The molecule has 3 aliphatic heterocycles. The molecule has 0 radical (unpaired) electrons. The standard InChI is InChI=1S/C35H57N3O2S/c1-40-32-24-21-23-30-33(37-41-34(30)32)35(39)36-31-28-38-26-20-18-16-14-12-10-8-6-4-2-3-5-7-9-11-13-15-17-19-22-29(31)25-27-38/h21,23-24,29,31H,2-20,22,25-28H2,1H3,(H,36,39)/t29?,31-/m1/s1. The maximum atomic E-state index is 13.5. The van der Waals surface area contributed by atoms with Gasteiger partial charge in [-0.2, -0.15) is 4.37 Å². The van der Waals surface area contributed by atoms with Crippen LogP contribution in [0.1, 0.15) is 145 Å². The third-order valence-corrected chi connectivity index (χ3v) is 10.5. The molecule has 230 valence electrons. The molecule has 3 saturated heterocycles. The van der Waals surface area contributed by atoms with E-state index in [0.29, 0.717) is 11.6 Å². The van der Waals surface area contributed by atoms with Crippen molar-refractivity contribution in [2.45, 2.75) is 141 Å². The summed E-state index contributed by atoms with van der Waals surface area (Å²) in [6.07, 6.45) is 28.9. The molecule has 2 bridgehead atoms. The second-order valence-electron chi connectivity index (χ2n) is 12.8. The van der Waals surface area contributed by atoms with Crippen molar-refractivity contribution >= 4 is 27.5 Å². The van der Waals surface area contributed by atoms with Crippen LogP contribution in [0.15, 0.2) is 18.2 Å². The van der Waals surface area contributed by atoms with Crippen molar-refractivity contribution in [1.29, 1.82) is 0 Å². The van der Waals surface area contributed by atoms with Crippen molar-refractivity contribution in [3.63, 3.8) is 0 Å². The van der Waals surface area contributed by atoms with Gasteiger partial charge in [0.2, 0.25) is 0 Å². The normalized spacial score (nSPS) is 25.6. The average molecular weight is 584 g/mol. The lowest BCUT2D eigenvalue weighted by molar-refractivity contribution is 0.0833. The summed E-state index contributed by atoms with van der Waals surface area (Å²) in [5.74, 6) is 1.33. The van der Waals surface area contributed by atoms with Gasteiger partial charge in [-0.3, -0.25) is 4.79 Å². The number of nitrogens with zero attached hydrogens (tertiary/aromatic N) is 2. The number of fused-ring (bicyclic) bond motifs is 23. The maximum absolute atomic E-state index is 13.5. The smallest absolute Gasteiger partial charge is 0.271 e. The van der Waals surface area contributed by atoms with Crippen LogP contribution in [0, 0.1) is 5.92 Å². The number of benzene rings is 1. The van der Waals surface area contributed by atoms with Gasteiger partial charge in [0.25, 0.3) is 5.91 Å². The van der Waals surface area contributed by atoms with Crippen LogP contribution in [0.3, 0.4) is 0 Å². The number of carbonyl (C=O) groups excluding carboxylic acids is 1. The highest BCUT2D eigenvalue weighted by molar-refractivity contribution is 7.14. The first-order chi connectivity index (χ1) is 20.3. The SMILES string of the molecule is COc1cccc2c(C(=O)N[C@@H]3CN4CCCCCCCCCCCCCCCCCCCCCC3CC4)nsc12. The van der Waals surface area contributed by atoms with Crippen molar-refractivity contribution in [3.8, 4) is 5.75 Å². The molecule has 1 N–H and O–H groups in total. The van der Waals surface area contributed by atoms with E-state index in [1.54, 1.807) is 7.11 Å². The fourth-order valence-electron chi connectivity index (χ4n) is 7.03. The lowest BCUT2D eigenvalue weighted by atomic mass is 9.86. The number of ether oxygens (including phenoxy) is 1. The van der Waals surface area contributed by atoms with Crippen LogP contribution in [0.2, 0.25) is 0 Å². The Balaban J connectivity index is 1.32. The van der Waals surface area contributed by atoms with Gasteiger partial charge < -0.3 is 15.0 Å². The second-order valence-corrected chi connectivity index (χ2v) is 13.6. The summed E-state index contributed by atoms with van der Waals surface area (Å²) in [5, 5.41) is 4.37. The first kappa shape index (κ1) is 32.3. The van der Waals surface area contributed by atoms with E-state index in [9.17, 15) is 4.79 Å². The summed E-state index contributed by atoms with van der Waals surface area (Å²) in [6, 6.07) is 6.09. The van der Waals surface area contributed by atoms with Crippen LogP contribution in [-0.4, -0.2) is 48.0 Å². The molecule has 4 heterocycles. The average Bonchev–Trinajstić information content (AvgIpc) is 3.43. The number of nitrogens with one attached hydrogen (secondary N) is 1. The molecule has 1 aromatic heterocycles. The number of methoxy groups -OCH3 is 1. The molecule has 3 aliphatic rings. The molecule has 0 spiro atoms. The van der Waals surface area contributed by atoms with E-state index >= 15 is 0 Å². The van der Waals surface area contributed by atoms with Crippen LogP contribution in [0.4, 0.5) is 0 Å². The molecular formula is C35H57N3O2S. The Morgan fingerprint density at radius 1 is 0.780 bits per heavy atom. The number of amides is 1. The van der Waals surface area contributed by atoms with Crippen molar-refractivity contribution in [2.24, 2.45) is 5.92 Å². The van der Waals surface area contributed by atoms with Crippen LogP contribution < -0.4 is 10.1 Å². The fourth-order valence-corrected chi connectivity index (χ4v) is 7.89. The van der Waals surface area contributed by atoms with E-state index in [1.807, 2.05) is 18.2 Å². The van der Waals surface area contributed by atoms with Crippen molar-refractivity contribution in [1.82, 2.24) is 14.6 Å². The Morgan fingerprint density at radius 2 is 1.34 bits per heavy atom. The molecule has 3 atom stereocenters. The summed E-state index contributed by atoms with van der Waals surface area (Å²) in [7, 11) is 1.68. The third kappa shape index (κ3) is 10.8. The third-order valence-electron chi connectivity index (χ3n) is 9.60. The highest BCUT2D eigenvalue weighted by Gasteiger charge is 2.31. The summed E-state index contributed by atoms with van der Waals surface area (Å²) in [4.78, 5) is 16.2. The lowest BCUT2D eigenvalue weighted by Crippen LogP contribution is -2.52. The van der Waals surface area contributed by atoms with Gasteiger partial charge >= 0.3 is 0 Å². The second kappa shape index (κ2) is 18.8. The molecule has 0 saturated carbocycles. The van der Waals surface area contributed by atoms with E-state index in [1.165, 1.54) is 153 Å². The van der Waals surface area contributed by atoms with Gasteiger partial charge in [-0.25, -0.2) is 0 Å². The molecule has 1 amide bonds. The summed E-state index contributed by atoms with van der Waals surface area (Å²) < 4.78 is 11.0. The van der Waals surface area contributed by atoms with Gasteiger partial charge in [-0.15, -0.1) is 0 Å². The van der Waals surface area contributed by atoms with Gasteiger partial charge in [-0.1, -0.05) is 128 Å². The minimum atomic E-state index is -0.0229. The van der Waals surface area contributed by atoms with Crippen LogP contribution in [-0.2, 0) is 0 Å². The minimum absolute atomic E-state index is 0.0229. The molecule has 0 aliphatic carbocycles. The Hall–Kier alpha value is -1.66. The number of rotatable bonds is 3. The highest BCUT2D eigenvalue weighted by Crippen LogP contribution is 2.32. The summed E-state index contributed by atoms with van der Waals surface area (Å²) in [5.41, 5.74) is 0.551. The Kier molecular flexibility index (Phi) is 14.8. The van der Waals surface area contributed by atoms with E-state index in [0.717, 1.165) is 28.9 Å². The van der Waals surface area contributed by atoms with Crippen molar-refractivity contribution in [3.05, 3.63) is 23.9 Å². The van der Waals surface area contributed by atoms with Gasteiger partial charge in [0.1, 0.15) is 11.4 Å². The summed E-state index contributed by atoms with van der Waals surface area (Å²) >= 11 is 1.36. The number of hydrogen-bond donors (Lipinski definition) is 1. The zero-order valence-electron chi connectivity index (χ0n) is 26.0. The van der Waals surface area contributed by atoms with Gasteiger partial charge in [0, 0.05) is 18.0 Å². The number of carbonyl (C=O) groups is 1. The zero-order valence-corrected chi connectivity index (χ0v) is 26.8. The monoisotopic (exact) mass is 583 g/mol. The maximum Gasteiger partial charge on any atom is 0.271 e. The van der Waals surface area contributed by atoms with Gasteiger partial charge in [0.05, 0.1) is 11.8 Å². The van der Waals surface area contributed by atoms with Gasteiger partial charge in [-0.05, 0) is 55.9 Å². The molecule has 2 unspecified atom stereocenters. The zero-order chi connectivity index (χ0) is 28.5. The predicted octanol–water partition coefficient (Wildman–Crippen LogP) is 9.54. The van der Waals surface area contributed by atoms with Gasteiger partial charge in [0.15, 0.2) is 0 Å². The summed E-state index contributed by atoms with van der Waals surface area (Å²) in [6.45, 7) is 3.31. The fraction of sp³-hybridized carbons (Fsp3) is 0.771. The molecule has 41 heavy (non-hydrogen) atoms.